The molecule has 0 atom stereocenters. The number of rotatable bonds is 4. The van der Waals surface area contributed by atoms with E-state index in [9.17, 15) is 9.59 Å². The maximum Gasteiger partial charge on any atom is 0.257 e. The average molecular weight is 336 g/mol. The van der Waals surface area contributed by atoms with Gasteiger partial charge >= 0.3 is 0 Å². The molecule has 0 aliphatic rings. The fourth-order valence-corrected chi connectivity index (χ4v) is 2.26. The number of hydrogen-bond acceptors (Lipinski definition) is 5. The van der Waals surface area contributed by atoms with Crippen molar-refractivity contribution in [2.24, 2.45) is 0 Å². The molecule has 2 amide bonds. The van der Waals surface area contributed by atoms with Crippen molar-refractivity contribution in [1.29, 1.82) is 0 Å². The van der Waals surface area contributed by atoms with E-state index < -0.39 is 0 Å². The topological polar surface area (TPSA) is 97.1 Å². The lowest BCUT2D eigenvalue weighted by Crippen LogP contribution is -2.18. The van der Waals surface area contributed by atoms with Crippen molar-refractivity contribution in [3.05, 3.63) is 65.5 Å². The Bertz CT molecular complexity index is 916. The van der Waals surface area contributed by atoms with E-state index in [4.69, 9.17) is 4.52 Å². The van der Waals surface area contributed by atoms with Crippen LogP contribution in [0.4, 0.5) is 5.69 Å². The second kappa shape index (κ2) is 6.96. The molecular formula is C18H16N4O3. The predicted molar refractivity (Wildman–Crippen MR) is 92.3 cm³/mol. The smallest absolute Gasteiger partial charge is 0.257 e. The molecule has 2 N–H and O–H groups in total. The lowest BCUT2D eigenvalue weighted by molar-refractivity contribution is 0.0961. The van der Waals surface area contributed by atoms with E-state index in [1.54, 1.807) is 62.5 Å². The van der Waals surface area contributed by atoms with Crippen LogP contribution >= 0.6 is 0 Å². The number of anilines is 1. The van der Waals surface area contributed by atoms with Crippen LogP contribution < -0.4 is 10.6 Å². The van der Waals surface area contributed by atoms with E-state index >= 15 is 0 Å². The molecule has 0 unspecified atom stereocenters. The summed E-state index contributed by atoms with van der Waals surface area (Å²) in [7, 11) is 1.56. The number of carbonyl (C=O) groups is 2. The lowest BCUT2D eigenvalue weighted by Gasteiger charge is -2.07. The highest BCUT2D eigenvalue weighted by molar-refractivity contribution is 6.05. The van der Waals surface area contributed by atoms with Crippen molar-refractivity contribution in [2.45, 2.75) is 6.92 Å². The molecule has 7 nitrogen and oxygen atoms in total. The van der Waals surface area contributed by atoms with Crippen molar-refractivity contribution in [1.82, 2.24) is 15.5 Å². The van der Waals surface area contributed by atoms with Crippen LogP contribution in [0.15, 0.2) is 53.1 Å². The Morgan fingerprint density at radius 1 is 1.00 bits per heavy atom. The summed E-state index contributed by atoms with van der Waals surface area (Å²) in [5.41, 5.74) is 2.23. The lowest BCUT2D eigenvalue weighted by atomic mass is 10.1. The molecule has 2 aromatic carbocycles. The minimum Gasteiger partial charge on any atom is -0.355 e. The molecule has 0 aliphatic heterocycles. The average Bonchev–Trinajstić information content (AvgIpc) is 3.07. The van der Waals surface area contributed by atoms with E-state index in [0.717, 1.165) is 5.56 Å². The summed E-state index contributed by atoms with van der Waals surface area (Å²) in [6.45, 7) is 1.74. The van der Waals surface area contributed by atoms with Gasteiger partial charge in [-0.2, -0.15) is 4.98 Å². The Balaban J connectivity index is 1.74. The molecule has 7 heteroatoms. The van der Waals surface area contributed by atoms with E-state index in [2.05, 4.69) is 20.8 Å². The second-order valence-electron chi connectivity index (χ2n) is 5.34. The first-order valence-corrected chi connectivity index (χ1v) is 7.61. The molecule has 1 heterocycles. The summed E-state index contributed by atoms with van der Waals surface area (Å²) in [6, 6.07) is 13.5. The number of hydrogen-bond donors (Lipinski definition) is 2. The van der Waals surface area contributed by atoms with Crippen LogP contribution in [-0.2, 0) is 0 Å². The predicted octanol–water partition coefficient (Wildman–Crippen LogP) is 2.66. The number of nitrogens with zero attached hydrogens (tertiary/aromatic N) is 2. The van der Waals surface area contributed by atoms with Crippen LogP contribution in [0.1, 0.15) is 26.5 Å². The fraction of sp³-hybridized carbons (Fsp3) is 0.111. The molecule has 0 saturated carbocycles. The minimum absolute atomic E-state index is 0.213. The number of aryl methyl sites for hydroxylation is 1. The van der Waals surface area contributed by atoms with Crippen LogP contribution in [0.2, 0.25) is 0 Å². The van der Waals surface area contributed by atoms with Gasteiger partial charge in [-0.25, -0.2) is 0 Å². The summed E-state index contributed by atoms with van der Waals surface area (Å²) < 4.78 is 5.09. The molecule has 0 radical (unpaired) electrons. The largest absolute Gasteiger partial charge is 0.355 e. The fourth-order valence-electron chi connectivity index (χ4n) is 2.26. The molecule has 1 aromatic heterocycles. The van der Waals surface area contributed by atoms with Crippen molar-refractivity contribution in [2.75, 3.05) is 12.4 Å². The van der Waals surface area contributed by atoms with Gasteiger partial charge < -0.3 is 15.2 Å². The van der Waals surface area contributed by atoms with Crippen LogP contribution in [0.3, 0.4) is 0 Å². The summed E-state index contributed by atoms with van der Waals surface area (Å²) in [4.78, 5) is 28.1. The summed E-state index contributed by atoms with van der Waals surface area (Å²) in [5.74, 6) is 0.466. The van der Waals surface area contributed by atoms with Crippen LogP contribution in [0, 0.1) is 6.92 Å². The van der Waals surface area contributed by atoms with Gasteiger partial charge in [0, 0.05) is 29.4 Å². The van der Waals surface area contributed by atoms with E-state index in [1.165, 1.54) is 0 Å². The molecule has 3 aromatic rings. The molecule has 3 rings (SSSR count). The summed E-state index contributed by atoms with van der Waals surface area (Å²) in [5, 5.41) is 9.05. The summed E-state index contributed by atoms with van der Waals surface area (Å²) >= 11 is 0. The van der Waals surface area contributed by atoms with Crippen molar-refractivity contribution in [3.63, 3.8) is 0 Å². The number of aromatic nitrogens is 2. The maximum atomic E-state index is 12.4. The number of nitrogens with one attached hydrogen (secondary N) is 2. The SMILES string of the molecule is CNC(=O)c1cccc(NC(=O)c2ccc(-c3nc(C)no3)cc2)c1. The van der Waals surface area contributed by atoms with Crippen LogP contribution in [0.5, 0.6) is 0 Å². The maximum absolute atomic E-state index is 12.4. The highest BCUT2D eigenvalue weighted by atomic mass is 16.5. The van der Waals surface area contributed by atoms with E-state index in [-0.39, 0.29) is 11.8 Å². The zero-order valence-electron chi connectivity index (χ0n) is 13.7. The highest BCUT2D eigenvalue weighted by Gasteiger charge is 2.10. The second-order valence-corrected chi connectivity index (χ2v) is 5.34. The molecule has 126 valence electrons. The third-order valence-corrected chi connectivity index (χ3v) is 3.53. The zero-order valence-corrected chi connectivity index (χ0v) is 13.7. The number of benzene rings is 2. The molecule has 0 fully saturated rings. The third kappa shape index (κ3) is 3.72. The first kappa shape index (κ1) is 16.4. The first-order chi connectivity index (χ1) is 12.1. The third-order valence-electron chi connectivity index (χ3n) is 3.53. The van der Waals surface area contributed by atoms with Gasteiger partial charge in [0.1, 0.15) is 0 Å². The highest BCUT2D eigenvalue weighted by Crippen LogP contribution is 2.18. The molecule has 0 spiro atoms. The van der Waals surface area contributed by atoms with Crippen LogP contribution in [-0.4, -0.2) is 29.0 Å². The van der Waals surface area contributed by atoms with E-state index in [1.807, 2.05) is 0 Å². The van der Waals surface area contributed by atoms with Gasteiger partial charge in [0.05, 0.1) is 0 Å². The van der Waals surface area contributed by atoms with Gasteiger partial charge in [-0.05, 0) is 49.4 Å². The molecule has 0 saturated heterocycles. The van der Waals surface area contributed by atoms with Crippen LogP contribution in [0.25, 0.3) is 11.5 Å². The Morgan fingerprint density at radius 2 is 1.76 bits per heavy atom. The Kier molecular flexibility index (Phi) is 4.56. The molecule has 0 aliphatic carbocycles. The van der Waals surface area contributed by atoms with E-state index in [0.29, 0.717) is 28.5 Å². The van der Waals surface area contributed by atoms with Gasteiger partial charge in [-0.3, -0.25) is 9.59 Å². The van der Waals surface area contributed by atoms with Gasteiger partial charge in [-0.15, -0.1) is 0 Å². The Labute approximate surface area is 144 Å². The normalized spacial score (nSPS) is 10.3. The summed E-state index contributed by atoms with van der Waals surface area (Å²) in [6.07, 6.45) is 0. The molecule has 0 bridgehead atoms. The standard InChI is InChI=1S/C18H16N4O3/c1-11-20-18(25-22-11)13-8-6-12(7-9-13)17(24)21-15-5-3-4-14(10-15)16(23)19-2/h3-10H,1-2H3,(H,19,23)(H,21,24). The van der Waals surface area contributed by atoms with Crippen molar-refractivity contribution in [3.8, 4) is 11.5 Å². The van der Waals surface area contributed by atoms with Gasteiger partial charge in [0.25, 0.3) is 17.7 Å². The van der Waals surface area contributed by atoms with Gasteiger partial charge in [0.2, 0.25) is 0 Å². The molecule has 25 heavy (non-hydrogen) atoms. The number of carbonyl (C=O) groups excluding carboxylic acids is 2. The van der Waals surface area contributed by atoms with Crippen molar-refractivity contribution >= 4 is 17.5 Å². The molecular weight excluding hydrogens is 320 g/mol. The quantitative estimate of drug-likeness (QED) is 0.763. The number of amides is 2. The first-order valence-electron chi connectivity index (χ1n) is 7.61. The minimum atomic E-state index is -0.276. The Morgan fingerprint density at radius 3 is 2.40 bits per heavy atom. The van der Waals surface area contributed by atoms with Gasteiger partial charge in [-0.1, -0.05) is 11.2 Å². The Hall–Kier alpha value is -3.48. The monoisotopic (exact) mass is 336 g/mol. The zero-order chi connectivity index (χ0) is 17.8. The van der Waals surface area contributed by atoms with Crippen molar-refractivity contribution < 1.29 is 14.1 Å². The van der Waals surface area contributed by atoms with Gasteiger partial charge in [0.15, 0.2) is 5.82 Å².